The second kappa shape index (κ2) is 3.79. The first-order valence-electron chi connectivity index (χ1n) is 3.59. The van der Waals surface area contributed by atoms with E-state index in [2.05, 4.69) is 6.58 Å². The van der Waals surface area contributed by atoms with Gasteiger partial charge in [0, 0.05) is 0 Å². The predicted molar refractivity (Wildman–Crippen MR) is 51.6 cm³/mol. The third-order valence-electron chi connectivity index (χ3n) is 1.59. The minimum atomic E-state index is -0.564. The zero-order chi connectivity index (χ0) is 10.0. The van der Waals surface area contributed by atoms with Crippen LogP contribution in [-0.4, -0.2) is 0 Å². The summed E-state index contributed by atoms with van der Waals surface area (Å²) in [4.78, 5) is 0.0955. The summed E-state index contributed by atoms with van der Waals surface area (Å²) in [5.41, 5.74) is 5.45. The maximum absolute atomic E-state index is 13.2. The molecule has 13 heavy (non-hydrogen) atoms. The van der Waals surface area contributed by atoms with Gasteiger partial charge in [0.25, 0.3) is 0 Å². The van der Waals surface area contributed by atoms with Gasteiger partial charge in [-0.2, -0.15) is 0 Å². The Balaban J connectivity index is 3.34. The number of rotatable bonds is 2. The van der Waals surface area contributed by atoms with E-state index in [1.807, 2.05) is 0 Å². The van der Waals surface area contributed by atoms with Crippen molar-refractivity contribution >= 4 is 17.4 Å². The van der Waals surface area contributed by atoms with Gasteiger partial charge < -0.3 is 5.73 Å². The van der Waals surface area contributed by atoms with Crippen LogP contribution in [0.1, 0.15) is 5.56 Å². The van der Waals surface area contributed by atoms with Crippen molar-refractivity contribution in [2.24, 2.45) is 0 Å². The highest BCUT2D eigenvalue weighted by atomic mass is 32.2. The van der Waals surface area contributed by atoms with E-state index in [0.29, 0.717) is 0 Å². The molecule has 2 N–H and O–H groups in total. The number of nitrogen functional groups attached to an aromatic ring is 1. The summed E-state index contributed by atoms with van der Waals surface area (Å²) in [7, 11) is 0. The Morgan fingerprint density at radius 3 is 2.69 bits per heavy atom. The Labute approximate surface area is 79.6 Å². The van der Waals surface area contributed by atoms with Crippen LogP contribution in [0, 0.1) is 18.6 Å². The molecule has 0 atom stereocenters. The van der Waals surface area contributed by atoms with E-state index in [0.717, 1.165) is 17.8 Å². The van der Waals surface area contributed by atoms with Crippen LogP contribution in [0.3, 0.4) is 0 Å². The van der Waals surface area contributed by atoms with Crippen molar-refractivity contribution in [3.63, 3.8) is 0 Å². The smallest absolute Gasteiger partial charge is 0.150 e. The van der Waals surface area contributed by atoms with Crippen LogP contribution in [0.2, 0.25) is 0 Å². The average molecular weight is 201 g/mol. The first-order valence-corrected chi connectivity index (χ1v) is 4.47. The van der Waals surface area contributed by atoms with E-state index in [9.17, 15) is 8.78 Å². The molecule has 0 saturated heterocycles. The highest BCUT2D eigenvalue weighted by Gasteiger charge is 2.13. The molecule has 0 aliphatic carbocycles. The standard InChI is InChI=1S/C9H9F2NS/c1-3-13-9-6(10)4-5(2)7(11)8(9)12/h3-4H,1,12H2,2H3. The Kier molecular flexibility index (Phi) is 2.93. The van der Waals surface area contributed by atoms with Crippen molar-refractivity contribution in [2.45, 2.75) is 11.8 Å². The van der Waals surface area contributed by atoms with Gasteiger partial charge in [0.05, 0.1) is 10.6 Å². The molecule has 0 aliphatic heterocycles. The van der Waals surface area contributed by atoms with E-state index in [1.54, 1.807) is 0 Å². The van der Waals surface area contributed by atoms with Gasteiger partial charge in [-0.1, -0.05) is 18.3 Å². The Hall–Kier alpha value is -1.03. The van der Waals surface area contributed by atoms with Crippen molar-refractivity contribution in [1.29, 1.82) is 0 Å². The maximum Gasteiger partial charge on any atom is 0.150 e. The molecular weight excluding hydrogens is 192 g/mol. The molecule has 1 aromatic rings. The molecule has 1 nitrogen and oxygen atoms in total. The molecular formula is C9H9F2NS. The summed E-state index contributed by atoms with van der Waals surface area (Å²) >= 11 is 0.975. The van der Waals surface area contributed by atoms with Crippen LogP contribution in [0.15, 0.2) is 22.9 Å². The van der Waals surface area contributed by atoms with Crippen molar-refractivity contribution in [3.8, 4) is 0 Å². The minimum absolute atomic E-state index is 0.0955. The van der Waals surface area contributed by atoms with Gasteiger partial charge in [0.15, 0.2) is 0 Å². The molecule has 0 heterocycles. The first kappa shape index (κ1) is 10.1. The Morgan fingerprint density at radius 1 is 1.54 bits per heavy atom. The summed E-state index contributed by atoms with van der Waals surface area (Å²) in [6.07, 6.45) is 0. The summed E-state index contributed by atoms with van der Waals surface area (Å²) in [5.74, 6) is -1.08. The van der Waals surface area contributed by atoms with Gasteiger partial charge in [-0.25, -0.2) is 8.78 Å². The molecule has 0 amide bonds. The highest BCUT2D eigenvalue weighted by molar-refractivity contribution is 8.02. The van der Waals surface area contributed by atoms with E-state index in [4.69, 9.17) is 5.73 Å². The van der Waals surface area contributed by atoms with Gasteiger partial charge in [0.2, 0.25) is 0 Å². The number of hydrogen-bond donors (Lipinski definition) is 1. The van der Waals surface area contributed by atoms with Gasteiger partial charge in [0.1, 0.15) is 11.6 Å². The molecule has 1 aromatic carbocycles. The normalized spacial score (nSPS) is 10.1. The molecule has 0 bridgehead atoms. The van der Waals surface area contributed by atoms with Crippen LogP contribution in [0.25, 0.3) is 0 Å². The SMILES string of the molecule is C=CSc1c(F)cc(C)c(F)c1N. The molecule has 0 spiro atoms. The number of benzene rings is 1. The van der Waals surface area contributed by atoms with Crippen LogP contribution in [-0.2, 0) is 0 Å². The van der Waals surface area contributed by atoms with Crippen LogP contribution >= 0.6 is 11.8 Å². The fraction of sp³-hybridized carbons (Fsp3) is 0.111. The number of anilines is 1. The van der Waals surface area contributed by atoms with E-state index < -0.39 is 11.6 Å². The molecule has 0 saturated carbocycles. The maximum atomic E-state index is 13.2. The van der Waals surface area contributed by atoms with Crippen LogP contribution in [0.4, 0.5) is 14.5 Å². The molecule has 0 fully saturated rings. The second-order valence-corrected chi connectivity index (χ2v) is 3.49. The van der Waals surface area contributed by atoms with Crippen molar-refractivity contribution in [3.05, 3.63) is 35.3 Å². The quantitative estimate of drug-likeness (QED) is 0.587. The molecule has 0 radical (unpaired) electrons. The van der Waals surface area contributed by atoms with E-state index in [1.165, 1.54) is 12.3 Å². The van der Waals surface area contributed by atoms with Gasteiger partial charge in [-0.3, -0.25) is 0 Å². The molecule has 0 unspecified atom stereocenters. The predicted octanol–water partition coefficient (Wildman–Crippen LogP) is 3.09. The lowest BCUT2D eigenvalue weighted by atomic mass is 10.2. The first-order chi connectivity index (χ1) is 6.07. The molecule has 0 aromatic heterocycles. The highest BCUT2D eigenvalue weighted by Crippen LogP contribution is 2.32. The van der Waals surface area contributed by atoms with Crippen molar-refractivity contribution in [1.82, 2.24) is 0 Å². The van der Waals surface area contributed by atoms with Gasteiger partial charge in [-0.05, 0) is 24.0 Å². The fourth-order valence-corrected chi connectivity index (χ4v) is 1.52. The van der Waals surface area contributed by atoms with Gasteiger partial charge in [-0.15, -0.1) is 0 Å². The summed E-state index contributed by atoms with van der Waals surface area (Å²) in [5, 5.41) is 1.41. The van der Waals surface area contributed by atoms with Gasteiger partial charge >= 0.3 is 0 Å². The lowest BCUT2D eigenvalue weighted by molar-refractivity contribution is 0.576. The number of halogens is 2. The monoisotopic (exact) mass is 201 g/mol. The fourth-order valence-electron chi connectivity index (χ4n) is 0.963. The summed E-state index contributed by atoms with van der Waals surface area (Å²) < 4.78 is 26.3. The zero-order valence-electron chi connectivity index (χ0n) is 7.10. The lowest BCUT2D eigenvalue weighted by Crippen LogP contribution is -1.98. The number of hydrogen-bond acceptors (Lipinski definition) is 2. The second-order valence-electron chi connectivity index (χ2n) is 2.52. The minimum Gasteiger partial charge on any atom is -0.395 e. The number of nitrogens with two attached hydrogens (primary N) is 1. The Morgan fingerprint density at radius 2 is 2.15 bits per heavy atom. The zero-order valence-corrected chi connectivity index (χ0v) is 7.92. The third-order valence-corrected chi connectivity index (χ3v) is 2.41. The summed E-state index contributed by atoms with van der Waals surface area (Å²) in [6.45, 7) is 4.88. The average Bonchev–Trinajstić information content (AvgIpc) is 2.09. The Bertz CT molecular complexity index is 350. The lowest BCUT2D eigenvalue weighted by Gasteiger charge is -2.07. The topological polar surface area (TPSA) is 26.0 Å². The molecule has 0 aliphatic rings. The third kappa shape index (κ3) is 1.83. The molecule has 70 valence electrons. The van der Waals surface area contributed by atoms with Crippen LogP contribution in [0.5, 0.6) is 0 Å². The number of thioether (sulfide) groups is 1. The molecule has 1 rings (SSSR count). The van der Waals surface area contributed by atoms with Crippen LogP contribution < -0.4 is 5.73 Å². The van der Waals surface area contributed by atoms with E-state index in [-0.39, 0.29) is 16.1 Å². The molecule has 4 heteroatoms. The van der Waals surface area contributed by atoms with Crippen molar-refractivity contribution in [2.75, 3.05) is 5.73 Å². The summed E-state index contributed by atoms with van der Waals surface area (Å²) in [6, 6.07) is 1.12. The largest absolute Gasteiger partial charge is 0.395 e. The van der Waals surface area contributed by atoms with Crippen molar-refractivity contribution < 1.29 is 8.78 Å². The number of aryl methyl sites for hydroxylation is 1. The van der Waals surface area contributed by atoms with E-state index >= 15 is 0 Å².